The number of alkyl halides is 3. The Morgan fingerprint density at radius 3 is 2.60 bits per heavy atom. The first-order chi connectivity index (χ1) is 11.8. The predicted octanol–water partition coefficient (Wildman–Crippen LogP) is 4.78. The van der Waals surface area contributed by atoms with Gasteiger partial charge in [0.1, 0.15) is 6.10 Å². The van der Waals surface area contributed by atoms with E-state index in [0.717, 1.165) is 12.1 Å². The van der Waals surface area contributed by atoms with Gasteiger partial charge < -0.3 is 10.2 Å². The second-order valence-corrected chi connectivity index (χ2v) is 5.37. The standard InChI is InChI=1S/C18H17F3N2O2/c1-12(14-7-5-8-16(10-14)18(19,20)21)25-22-11-15-6-3-4-9-17(15)23-13(2)24/h3-12H,1-2H3,(H,23,24)/b22-11+. The number of carbonyl (C=O) groups excluding carboxylic acids is 1. The second kappa shape index (κ2) is 7.83. The Kier molecular flexibility index (Phi) is 5.80. The summed E-state index contributed by atoms with van der Waals surface area (Å²) >= 11 is 0. The zero-order valence-electron chi connectivity index (χ0n) is 13.7. The van der Waals surface area contributed by atoms with E-state index in [2.05, 4.69) is 10.5 Å². The molecule has 0 aromatic heterocycles. The molecule has 0 bridgehead atoms. The van der Waals surface area contributed by atoms with Crippen molar-refractivity contribution in [1.29, 1.82) is 0 Å². The number of oxime groups is 1. The second-order valence-electron chi connectivity index (χ2n) is 5.37. The van der Waals surface area contributed by atoms with Crippen LogP contribution in [-0.4, -0.2) is 12.1 Å². The van der Waals surface area contributed by atoms with Crippen LogP contribution in [0.15, 0.2) is 53.7 Å². The maximum absolute atomic E-state index is 12.7. The molecule has 0 heterocycles. The molecular weight excluding hydrogens is 333 g/mol. The van der Waals surface area contributed by atoms with E-state index in [-0.39, 0.29) is 5.91 Å². The van der Waals surface area contributed by atoms with Crippen molar-refractivity contribution in [2.24, 2.45) is 5.16 Å². The number of para-hydroxylation sites is 1. The fourth-order valence-corrected chi connectivity index (χ4v) is 2.12. The molecule has 0 aliphatic heterocycles. The van der Waals surface area contributed by atoms with Crippen LogP contribution in [0.5, 0.6) is 0 Å². The Balaban J connectivity index is 2.09. The molecule has 0 saturated carbocycles. The van der Waals surface area contributed by atoms with E-state index in [1.165, 1.54) is 19.2 Å². The molecule has 25 heavy (non-hydrogen) atoms. The number of anilines is 1. The minimum Gasteiger partial charge on any atom is -0.388 e. The van der Waals surface area contributed by atoms with Gasteiger partial charge in [-0.1, -0.05) is 35.5 Å². The molecule has 1 amide bonds. The van der Waals surface area contributed by atoms with E-state index < -0.39 is 17.8 Å². The first-order valence-electron chi connectivity index (χ1n) is 7.50. The highest BCUT2D eigenvalue weighted by molar-refractivity contribution is 5.96. The van der Waals surface area contributed by atoms with Gasteiger partial charge in [0.25, 0.3) is 0 Å². The van der Waals surface area contributed by atoms with Gasteiger partial charge in [-0.05, 0) is 30.7 Å². The molecule has 1 atom stereocenters. The molecule has 2 aromatic carbocycles. The average molecular weight is 350 g/mol. The maximum atomic E-state index is 12.7. The number of benzene rings is 2. The third-order valence-electron chi connectivity index (χ3n) is 3.37. The Morgan fingerprint density at radius 1 is 1.20 bits per heavy atom. The topological polar surface area (TPSA) is 50.7 Å². The molecule has 4 nitrogen and oxygen atoms in total. The highest BCUT2D eigenvalue weighted by Crippen LogP contribution is 2.31. The lowest BCUT2D eigenvalue weighted by Crippen LogP contribution is -2.08. The molecule has 132 valence electrons. The molecule has 2 rings (SSSR count). The largest absolute Gasteiger partial charge is 0.416 e. The van der Waals surface area contributed by atoms with E-state index in [0.29, 0.717) is 16.8 Å². The van der Waals surface area contributed by atoms with Crippen LogP contribution in [-0.2, 0) is 15.8 Å². The first kappa shape index (κ1) is 18.5. The molecule has 7 heteroatoms. The number of amides is 1. The Bertz CT molecular complexity index is 773. The molecular formula is C18H17F3N2O2. The lowest BCUT2D eigenvalue weighted by atomic mass is 10.1. The summed E-state index contributed by atoms with van der Waals surface area (Å²) in [6, 6.07) is 11.9. The summed E-state index contributed by atoms with van der Waals surface area (Å²) in [7, 11) is 0. The van der Waals surface area contributed by atoms with Crippen LogP contribution in [0, 0.1) is 0 Å². The highest BCUT2D eigenvalue weighted by Gasteiger charge is 2.30. The molecule has 0 aliphatic rings. The molecule has 0 fully saturated rings. The zero-order valence-corrected chi connectivity index (χ0v) is 13.7. The lowest BCUT2D eigenvalue weighted by Gasteiger charge is -2.13. The van der Waals surface area contributed by atoms with E-state index in [4.69, 9.17) is 4.84 Å². The van der Waals surface area contributed by atoms with Crippen molar-refractivity contribution in [1.82, 2.24) is 0 Å². The van der Waals surface area contributed by atoms with E-state index in [1.54, 1.807) is 37.3 Å². The van der Waals surface area contributed by atoms with Crippen molar-refractivity contribution < 1.29 is 22.8 Å². The third kappa shape index (κ3) is 5.34. The van der Waals surface area contributed by atoms with Crippen molar-refractivity contribution in [2.45, 2.75) is 26.1 Å². The zero-order chi connectivity index (χ0) is 18.4. The minimum atomic E-state index is -4.41. The van der Waals surface area contributed by atoms with Gasteiger partial charge >= 0.3 is 6.18 Å². The van der Waals surface area contributed by atoms with Gasteiger partial charge in [0.15, 0.2) is 0 Å². The summed E-state index contributed by atoms with van der Waals surface area (Å²) < 4.78 is 38.2. The molecule has 2 aromatic rings. The molecule has 1 N–H and O–H groups in total. The van der Waals surface area contributed by atoms with E-state index in [9.17, 15) is 18.0 Å². The molecule has 0 saturated heterocycles. The van der Waals surface area contributed by atoms with E-state index >= 15 is 0 Å². The number of rotatable bonds is 5. The predicted molar refractivity (Wildman–Crippen MR) is 89.3 cm³/mol. The van der Waals surface area contributed by atoms with Gasteiger partial charge in [-0.25, -0.2) is 0 Å². The van der Waals surface area contributed by atoms with Crippen LogP contribution in [0.25, 0.3) is 0 Å². The van der Waals surface area contributed by atoms with Crippen LogP contribution in [0.4, 0.5) is 18.9 Å². The third-order valence-corrected chi connectivity index (χ3v) is 3.37. The minimum absolute atomic E-state index is 0.223. The van der Waals surface area contributed by atoms with Crippen molar-refractivity contribution in [2.75, 3.05) is 5.32 Å². The SMILES string of the molecule is CC(=O)Nc1ccccc1/C=N/OC(C)c1cccc(C(F)(F)F)c1. The Labute approximate surface area is 143 Å². The first-order valence-corrected chi connectivity index (χ1v) is 7.50. The van der Waals surface area contributed by atoms with Gasteiger partial charge in [-0.15, -0.1) is 0 Å². The van der Waals surface area contributed by atoms with E-state index in [1.807, 2.05) is 0 Å². The molecule has 0 spiro atoms. The fourth-order valence-electron chi connectivity index (χ4n) is 2.12. The number of halogens is 3. The summed E-state index contributed by atoms with van der Waals surface area (Å²) in [5.41, 5.74) is 0.811. The number of carbonyl (C=O) groups is 1. The maximum Gasteiger partial charge on any atom is 0.416 e. The summed E-state index contributed by atoms with van der Waals surface area (Å²) in [4.78, 5) is 16.4. The number of hydrogen-bond donors (Lipinski definition) is 1. The van der Waals surface area contributed by atoms with Crippen LogP contribution in [0.2, 0.25) is 0 Å². The van der Waals surface area contributed by atoms with Gasteiger partial charge in [-0.3, -0.25) is 4.79 Å². The molecule has 1 unspecified atom stereocenters. The number of nitrogens with one attached hydrogen (secondary N) is 1. The summed E-state index contributed by atoms with van der Waals surface area (Å²) in [5.74, 6) is -0.223. The van der Waals surface area contributed by atoms with Crippen molar-refractivity contribution in [3.05, 3.63) is 65.2 Å². The summed E-state index contributed by atoms with van der Waals surface area (Å²) in [5, 5.41) is 6.48. The van der Waals surface area contributed by atoms with Gasteiger partial charge in [0, 0.05) is 18.2 Å². The normalized spacial score (nSPS) is 12.8. The average Bonchev–Trinajstić information content (AvgIpc) is 2.55. The number of hydrogen-bond acceptors (Lipinski definition) is 3. The van der Waals surface area contributed by atoms with Crippen molar-refractivity contribution in [3.63, 3.8) is 0 Å². The lowest BCUT2D eigenvalue weighted by molar-refractivity contribution is -0.137. The van der Waals surface area contributed by atoms with Gasteiger partial charge in [0.05, 0.1) is 11.8 Å². The summed E-state index contributed by atoms with van der Waals surface area (Å²) in [6.07, 6.45) is -3.67. The van der Waals surface area contributed by atoms with Crippen LogP contribution < -0.4 is 5.32 Å². The van der Waals surface area contributed by atoms with Crippen molar-refractivity contribution >= 4 is 17.8 Å². The highest BCUT2D eigenvalue weighted by atomic mass is 19.4. The Hall–Kier alpha value is -2.83. The van der Waals surface area contributed by atoms with Crippen molar-refractivity contribution in [3.8, 4) is 0 Å². The van der Waals surface area contributed by atoms with Gasteiger partial charge in [0.2, 0.25) is 5.91 Å². The smallest absolute Gasteiger partial charge is 0.388 e. The Morgan fingerprint density at radius 2 is 1.92 bits per heavy atom. The quantitative estimate of drug-likeness (QED) is 0.623. The molecule has 0 radical (unpaired) electrons. The number of nitrogens with zero attached hydrogens (tertiary/aromatic N) is 1. The van der Waals surface area contributed by atoms with Gasteiger partial charge in [-0.2, -0.15) is 13.2 Å². The van der Waals surface area contributed by atoms with Crippen LogP contribution in [0.1, 0.15) is 36.6 Å². The fraction of sp³-hybridized carbons (Fsp3) is 0.222. The monoisotopic (exact) mass is 350 g/mol. The van der Waals surface area contributed by atoms with Crippen LogP contribution >= 0.6 is 0 Å². The molecule has 0 aliphatic carbocycles. The summed E-state index contributed by atoms with van der Waals surface area (Å²) in [6.45, 7) is 2.99. The van der Waals surface area contributed by atoms with Crippen LogP contribution in [0.3, 0.4) is 0 Å².